The molecule has 1 saturated carbocycles. The van der Waals surface area contributed by atoms with Crippen LogP contribution in [0.25, 0.3) is 11.5 Å². The van der Waals surface area contributed by atoms with Gasteiger partial charge in [0, 0.05) is 36.2 Å². The highest BCUT2D eigenvalue weighted by Gasteiger charge is 2.27. The molecule has 2 amide bonds. The van der Waals surface area contributed by atoms with Gasteiger partial charge in [-0.3, -0.25) is 0 Å². The zero-order valence-corrected chi connectivity index (χ0v) is 14.6. The number of hydrogen-bond acceptors (Lipinski definition) is 5. The van der Waals surface area contributed by atoms with Crippen molar-refractivity contribution in [1.29, 1.82) is 0 Å². The molecule has 0 unspecified atom stereocenters. The van der Waals surface area contributed by atoms with Crippen molar-refractivity contribution >= 4 is 11.7 Å². The number of carbonyl (C=O) groups is 1. The molecular formula is C18H24N4O3. The van der Waals surface area contributed by atoms with Crippen molar-refractivity contribution in [2.24, 2.45) is 5.92 Å². The van der Waals surface area contributed by atoms with E-state index < -0.39 is 0 Å². The summed E-state index contributed by atoms with van der Waals surface area (Å²) in [6, 6.07) is 5.40. The molecule has 0 bridgehead atoms. The molecule has 3 rings (SSSR count). The molecule has 134 valence electrons. The van der Waals surface area contributed by atoms with E-state index in [1.807, 2.05) is 32.0 Å². The fourth-order valence-corrected chi connectivity index (χ4v) is 3.18. The number of rotatable bonds is 5. The van der Waals surface area contributed by atoms with Gasteiger partial charge in [0.1, 0.15) is 0 Å². The van der Waals surface area contributed by atoms with Gasteiger partial charge in [0.25, 0.3) is 5.89 Å². The average Bonchev–Trinajstić information content (AvgIpc) is 3.25. The lowest BCUT2D eigenvalue weighted by Crippen LogP contribution is -2.41. The van der Waals surface area contributed by atoms with Gasteiger partial charge in [-0.2, -0.15) is 4.98 Å². The Bertz CT molecular complexity index is 744. The van der Waals surface area contributed by atoms with E-state index in [0.29, 0.717) is 23.8 Å². The number of aliphatic hydroxyl groups is 1. The van der Waals surface area contributed by atoms with Crippen LogP contribution in [0.4, 0.5) is 10.5 Å². The van der Waals surface area contributed by atoms with Crippen LogP contribution in [0, 0.1) is 12.8 Å². The lowest BCUT2D eigenvalue weighted by atomic mass is 10.1. The van der Waals surface area contributed by atoms with Crippen molar-refractivity contribution in [2.45, 2.75) is 45.6 Å². The minimum absolute atomic E-state index is 0.0246. The third-order valence-electron chi connectivity index (χ3n) is 4.73. The highest BCUT2D eigenvalue weighted by Crippen LogP contribution is 2.26. The van der Waals surface area contributed by atoms with Crippen LogP contribution in [0.1, 0.15) is 37.6 Å². The van der Waals surface area contributed by atoms with Gasteiger partial charge in [-0.15, -0.1) is 0 Å². The SMILES string of the molecule is CCc1noc(-c2ccc(C)c(NC(=O)N[C@@H]3CCC[C@@H]3CO)c2)n1. The van der Waals surface area contributed by atoms with E-state index in [1.54, 1.807) is 0 Å². The molecule has 0 aliphatic heterocycles. The first-order valence-electron chi connectivity index (χ1n) is 8.72. The molecule has 1 fully saturated rings. The summed E-state index contributed by atoms with van der Waals surface area (Å²) in [6.07, 6.45) is 3.59. The smallest absolute Gasteiger partial charge is 0.319 e. The van der Waals surface area contributed by atoms with E-state index in [-0.39, 0.29) is 24.6 Å². The summed E-state index contributed by atoms with van der Waals surface area (Å²) in [7, 11) is 0. The number of nitrogens with one attached hydrogen (secondary N) is 2. The second kappa shape index (κ2) is 7.65. The summed E-state index contributed by atoms with van der Waals surface area (Å²) in [5.74, 6) is 1.24. The Morgan fingerprint density at radius 3 is 2.96 bits per heavy atom. The van der Waals surface area contributed by atoms with Crippen LogP contribution in [0.5, 0.6) is 0 Å². The minimum atomic E-state index is -0.259. The van der Waals surface area contributed by atoms with Crippen LogP contribution in [0.3, 0.4) is 0 Å². The van der Waals surface area contributed by atoms with Gasteiger partial charge in [0.15, 0.2) is 5.82 Å². The molecule has 1 heterocycles. The Labute approximate surface area is 146 Å². The Morgan fingerprint density at radius 1 is 1.40 bits per heavy atom. The Hall–Kier alpha value is -2.41. The van der Waals surface area contributed by atoms with Crippen molar-refractivity contribution in [2.75, 3.05) is 11.9 Å². The molecule has 7 nitrogen and oxygen atoms in total. The van der Waals surface area contributed by atoms with Crippen molar-refractivity contribution < 1.29 is 14.4 Å². The summed E-state index contributed by atoms with van der Waals surface area (Å²) >= 11 is 0. The van der Waals surface area contributed by atoms with Crippen LogP contribution >= 0.6 is 0 Å². The Morgan fingerprint density at radius 2 is 2.24 bits per heavy atom. The molecule has 1 aromatic carbocycles. The fourth-order valence-electron chi connectivity index (χ4n) is 3.18. The second-order valence-corrected chi connectivity index (χ2v) is 6.48. The van der Waals surface area contributed by atoms with E-state index in [4.69, 9.17) is 4.52 Å². The van der Waals surface area contributed by atoms with Crippen LogP contribution in [0.15, 0.2) is 22.7 Å². The fraction of sp³-hybridized carbons (Fsp3) is 0.500. The van der Waals surface area contributed by atoms with E-state index in [0.717, 1.165) is 30.4 Å². The predicted molar refractivity (Wildman–Crippen MR) is 94.2 cm³/mol. The third kappa shape index (κ3) is 3.99. The number of urea groups is 1. The summed E-state index contributed by atoms with van der Waals surface area (Å²) in [5, 5.41) is 19.1. The highest BCUT2D eigenvalue weighted by molar-refractivity contribution is 5.91. The molecular weight excluding hydrogens is 320 g/mol. The summed E-state index contributed by atoms with van der Waals surface area (Å²) < 4.78 is 5.26. The first-order valence-corrected chi connectivity index (χ1v) is 8.72. The molecule has 25 heavy (non-hydrogen) atoms. The quantitative estimate of drug-likeness (QED) is 0.774. The zero-order valence-electron chi connectivity index (χ0n) is 14.6. The first kappa shape index (κ1) is 17.4. The largest absolute Gasteiger partial charge is 0.396 e. The van der Waals surface area contributed by atoms with E-state index >= 15 is 0 Å². The van der Waals surface area contributed by atoms with Gasteiger partial charge in [-0.25, -0.2) is 4.79 Å². The number of aryl methyl sites for hydroxylation is 2. The molecule has 3 N–H and O–H groups in total. The van der Waals surface area contributed by atoms with Crippen LogP contribution < -0.4 is 10.6 Å². The predicted octanol–water partition coefficient (Wildman–Crippen LogP) is 2.89. The third-order valence-corrected chi connectivity index (χ3v) is 4.73. The molecule has 0 radical (unpaired) electrons. The maximum absolute atomic E-state index is 12.3. The van der Waals surface area contributed by atoms with E-state index in [2.05, 4.69) is 20.8 Å². The summed E-state index contributed by atoms with van der Waals surface area (Å²) in [4.78, 5) is 16.6. The second-order valence-electron chi connectivity index (χ2n) is 6.48. The van der Waals surface area contributed by atoms with Gasteiger partial charge in [-0.1, -0.05) is 24.6 Å². The molecule has 0 spiro atoms. The number of hydrogen-bond donors (Lipinski definition) is 3. The summed E-state index contributed by atoms with van der Waals surface area (Å²) in [5.41, 5.74) is 2.41. The van der Waals surface area contributed by atoms with Gasteiger partial charge in [0.2, 0.25) is 0 Å². The van der Waals surface area contributed by atoms with Gasteiger partial charge < -0.3 is 20.3 Å². The monoisotopic (exact) mass is 344 g/mol. The lowest BCUT2D eigenvalue weighted by Gasteiger charge is -2.19. The summed E-state index contributed by atoms with van der Waals surface area (Å²) in [6.45, 7) is 4.00. The molecule has 2 atom stereocenters. The topological polar surface area (TPSA) is 100 Å². The maximum Gasteiger partial charge on any atom is 0.319 e. The van der Waals surface area contributed by atoms with Gasteiger partial charge in [0.05, 0.1) is 0 Å². The molecule has 1 aliphatic carbocycles. The van der Waals surface area contributed by atoms with E-state index in [1.165, 1.54) is 0 Å². The van der Waals surface area contributed by atoms with Crippen LogP contribution in [-0.2, 0) is 6.42 Å². The van der Waals surface area contributed by atoms with Crippen molar-refractivity contribution in [3.05, 3.63) is 29.6 Å². The van der Waals surface area contributed by atoms with Gasteiger partial charge in [-0.05, 0) is 37.5 Å². The van der Waals surface area contributed by atoms with Crippen LogP contribution in [0.2, 0.25) is 0 Å². The number of aliphatic hydroxyl groups excluding tert-OH is 1. The number of anilines is 1. The van der Waals surface area contributed by atoms with Crippen molar-refractivity contribution in [1.82, 2.24) is 15.5 Å². The molecule has 0 saturated heterocycles. The normalized spacial score (nSPS) is 19.8. The highest BCUT2D eigenvalue weighted by atomic mass is 16.5. The number of amides is 2. The first-order chi connectivity index (χ1) is 12.1. The van der Waals surface area contributed by atoms with Crippen molar-refractivity contribution in [3.8, 4) is 11.5 Å². The lowest BCUT2D eigenvalue weighted by molar-refractivity contribution is 0.203. The number of nitrogens with zero attached hydrogens (tertiary/aromatic N) is 2. The van der Waals surface area contributed by atoms with Crippen molar-refractivity contribution in [3.63, 3.8) is 0 Å². The average molecular weight is 344 g/mol. The molecule has 1 aliphatic rings. The number of aromatic nitrogens is 2. The molecule has 7 heteroatoms. The minimum Gasteiger partial charge on any atom is -0.396 e. The maximum atomic E-state index is 12.3. The Kier molecular flexibility index (Phi) is 5.33. The molecule has 2 aromatic rings. The number of benzene rings is 1. The number of carbonyl (C=O) groups excluding carboxylic acids is 1. The Balaban J connectivity index is 1.71. The molecule has 1 aromatic heterocycles. The standard InChI is InChI=1S/C18H24N4O3/c1-3-16-21-17(25-22-16)12-8-7-11(2)15(9-12)20-18(24)19-14-6-4-5-13(14)10-23/h7-9,13-14,23H,3-6,10H2,1-2H3,(H2,19,20,24)/t13-,14-/m1/s1. The van der Waals surface area contributed by atoms with Gasteiger partial charge >= 0.3 is 6.03 Å². The van der Waals surface area contributed by atoms with Crippen LogP contribution in [-0.4, -0.2) is 33.9 Å². The van der Waals surface area contributed by atoms with E-state index in [9.17, 15) is 9.90 Å². The zero-order chi connectivity index (χ0) is 17.8.